The Bertz CT molecular complexity index is 513. The summed E-state index contributed by atoms with van der Waals surface area (Å²) in [7, 11) is 0. The molecule has 0 amide bonds. The Morgan fingerprint density at radius 2 is 2.00 bits per heavy atom. The highest BCUT2D eigenvalue weighted by Gasteiger charge is 2.43. The monoisotopic (exact) mass is 314 g/mol. The molecule has 0 unspecified atom stereocenters. The van der Waals surface area contributed by atoms with Crippen LogP contribution in [0.15, 0.2) is 43.0 Å². The zero-order chi connectivity index (χ0) is 16.2. The van der Waals surface area contributed by atoms with Crippen LogP contribution >= 0.6 is 0 Å². The maximum atomic E-state index is 12.3. The zero-order valence-corrected chi connectivity index (χ0v) is 11.9. The van der Waals surface area contributed by atoms with Gasteiger partial charge in [0.05, 0.1) is 12.2 Å². The van der Waals surface area contributed by atoms with Crippen molar-refractivity contribution in [2.75, 3.05) is 0 Å². The molecule has 1 aromatic carbocycles. The van der Waals surface area contributed by atoms with Crippen LogP contribution in [0.25, 0.3) is 0 Å². The number of carbonyl (C=O) groups excluding carboxylic acids is 1. The third-order valence-corrected chi connectivity index (χ3v) is 3.47. The number of carbonyl (C=O) groups is 1. The van der Waals surface area contributed by atoms with Gasteiger partial charge in [0.2, 0.25) is 0 Å². The highest BCUT2D eigenvalue weighted by Crippen LogP contribution is 2.35. The first-order chi connectivity index (χ1) is 10.4. The van der Waals surface area contributed by atoms with Gasteiger partial charge in [0.1, 0.15) is 6.10 Å². The maximum Gasteiger partial charge on any atom is 0.490 e. The van der Waals surface area contributed by atoms with Gasteiger partial charge in [-0.15, -0.1) is 6.58 Å². The lowest BCUT2D eigenvalue weighted by atomic mass is 9.94. The molecule has 1 heterocycles. The van der Waals surface area contributed by atoms with Crippen molar-refractivity contribution in [3.63, 3.8) is 0 Å². The van der Waals surface area contributed by atoms with Crippen LogP contribution in [0.1, 0.15) is 30.9 Å². The van der Waals surface area contributed by atoms with Crippen molar-refractivity contribution in [1.82, 2.24) is 0 Å². The van der Waals surface area contributed by atoms with Gasteiger partial charge in [0.25, 0.3) is 0 Å². The van der Waals surface area contributed by atoms with E-state index in [1.807, 2.05) is 30.3 Å². The molecule has 1 saturated heterocycles. The van der Waals surface area contributed by atoms with Crippen LogP contribution in [-0.4, -0.2) is 24.4 Å². The summed E-state index contributed by atoms with van der Waals surface area (Å²) >= 11 is 0. The van der Waals surface area contributed by atoms with Gasteiger partial charge in [-0.2, -0.15) is 13.2 Å². The molecule has 0 bridgehead atoms. The second-order valence-electron chi connectivity index (χ2n) is 5.18. The van der Waals surface area contributed by atoms with E-state index in [0.29, 0.717) is 6.42 Å². The van der Waals surface area contributed by atoms with Crippen molar-refractivity contribution < 1.29 is 27.4 Å². The number of halogens is 3. The average molecular weight is 314 g/mol. The highest BCUT2D eigenvalue weighted by atomic mass is 19.4. The van der Waals surface area contributed by atoms with Gasteiger partial charge < -0.3 is 9.47 Å². The predicted molar refractivity (Wildman–Crippen MR) is 74.0 cm³/mol. The van der Waals surface area contributed by atoms with Gasteiger partial charge in [-0.05, 0) is 12.0 Å². The molecule has 0 saturated carbocycles. The molecular formula is C16H17F3O3. The lowest BCUT2D eigenvalue weighted by Gasteiger charge is -2.35. The summed E-state index contributed by atoms with van der Waals surface area (Å²) in [4.78, 5) is 11.0. The van der Waals surface area contributed by atoms with Gasteiger partial charge in [-0.3, -0.25) is 0 Å². The molecule has 3 atom stereocenters. The van der Waals surface area contributed by atoms with Crippen LogP contribution in [0.2, 0.25) is 0 Å². The average Bonchev–Trinajstić information content (AvgIpc) is 2.47. The van der Waals surface area contributed by atoms with Crippen molar-refractivity contribution >= 4 is 5.97 Å². The largest absolute Gasteiger partial charge is 0.490 e. The standard InChI is InChI=1S/C16H17F3O3/c1-2-6-12-9-13(22-15(20)16(17,18)19)10-14(21-12)11-7-4-3-5-8-11/h2-5,7-8,12-14H,1,6,9-10H2/t12-,13+,14-/m0/s1. The first-order valence-corrected chi connectivity index (χ1v) is 6.99. The minimum Gasteiger partial charge on any atom is -0.456 e. The van der Waals surface area contributed by atoms with E-state index in [9.17, 15) is 18.0 Å². The van der Waals surface area contributed by atoms with Crippen LogP contribution < -0.4 is 0 Å². The van der Waals surface area contributed by atoms with E-state index in [4.69, 9.17) is 4.74 Å². The summed E-state index contributed by atoms with van der Waals surface area (Å²) in [5, 5.41) is 0. The second-order valence-corrected chi connectivity index (χ2v) is 5.18. The Kier molecular flexibility index (Phi) is 5.24. The van der Waals surface area contributed by atoms with Crippen molar-refractivity contribution in [1.29, 1.82) is 0 Å². The van der Waals surface area contributed by atoms with E-state index in [1.165, 1.54) is 0 Å². The smallest absolute Gasteiger partial charge is 0.456 e. The molecule has 1 aliphatic heterocycles. The molecule has 2 rings (SSSR count). The molecular weight excluding hydrogens is 297 g/mol. The number of benzene rings is 1. The van der Waals surface area contributed by atoms with Gasteiger partial charge in [-0.25, -0.2) is 4.79 Å². The van der Waals surface area contributed by atoms with Crippen molar-refractivity contribution in [2.24, 2.45) is 0 Å². The Morgan fingerprint density at radius 1 is 1.32 bits per heavy atom. The topological polar surface area (TPSA) is 35.5 Å². The summed E-state index contributed by atoms with van der Waals surface area (Å²) in [5.74, 6) is -2.15. The van der Waals surface area contributed by atoms with Crippen LogP contribution in [0, 0.1) is 0 Å². The van der Waals surface area contributed by atoms with E-state index in [-0.39, 0.29) is 18.9 Å². The fourth-order valence-corrected chi connectivity index (χ4v) is 2.51. The number of ether oxygens (including phenoxy) is 2. The van der Waals surface area contributed by atoms with Crippen LogP contribution in [0.3, 0.4) is 0 Å². The lowest BCUT2D eigenvalue weighted by Crippen LogP contribution is -2.37. The second kappa shape index (κ2) is 6.96. The normalized spacial score (nSPS) is 25.5. The Hall–Kier alpha value is -1.82. The maximum absolute atomic E-state index is 12.3. The first-order valence-electron chi connectivity index (χ1n) is 6.99. The van der Waals surface area contributed by atoms with Gasteiger partial charge in [-0.1, -0.05) is 36.4 Å². The number of hydrogen-bond donors (Lipinski definition) is 0. The molecule has 6 heteroatoms. The Morgan fingerprint density at radius 3 is 2.59 bits per heavy atom. The number of alkyl halides is 3. The van der Waals surface area contributed by atoms with E-state index < -0.39 is 24.4 Å². The molecule has 0 aliphatic carbocycles. The molecule has 0 N–H and O–H groups in total. The molecule has 1 aliphatic rings. The van der Waals surface area contributed by atoms with E-state index >= 15 is 0 Å². The van der Waals surface area contributed by atoms with Crippen LogP contribution in [0.4, 0.5) is 13.2 Å². The predicted octanol–water partition coefficient (Wildman–Crippen LogP) is 3.96. The SMILES string of the molecule is C=CC[C@H]1C[C@@H](OC(=O)C(F)(F)F)C[C@@H](c2ccccc2)O1. The summed E-state index contributed by atoms with van der Waals surface area (Å²) in [6, 6.07) is 9.17. The van der Waals surface area contributed by atoms with Gasteiger partial charge in [0.15, 0.2) is 0 Å². The first kappa shape index (κ1) is 16.5. The van der Waals surface area contributed by atoms with Gasteiger partial charge >= 0.3 is 12.1 Å². The van der Waals surface area contributed by atoms with Crippen molar-refractivity contribution in [3.05, 3.63) is 48.6 Å². The van der Waals surface area contributed by atoms with Crippen molar-refractivity contribution in [2.45, 2.75) is 43.8 Å². The Labute approximate surface area is 126 Å². The van der Waals surface area contributed by atoms with Gasteiger partial charge in [0, 0.05) is 12.8 Å². The molecule has 22 heavy (non-hydrogen) atoms. The molecule has 0 spiro atoms. The fourth-order valence-electron chi connectivity index (χ4n) is 2.51. The number of rotatable bonds is 4. The lowest BCUT2D eigenvalue weighted by molar-refractivity contribution is -0.212. The number of hydrogen-bond acceptors (Lipinski definition) is 3. The van der Waals surface area contributed by atoms with E-state index in [0.717, 1.165) is 5.56 Å². The molecule has 1 fully saturated rings. The Balaban J connectivity index is 2.10. The molecule has 120 valence electrons. The van der Waals surface area contributed by atoms with Crippen molar-refractivity contribution in [3.8, 4) is 0 Å². The quantitative estimate of drug-likeness (QED) is 0.623. The van der Waals surface area contributed by atoms with E-state index in [1.54, 1.807) is 6.08 Å². The summed E-state index contributed by atoms with van der Waals surface area (Å²) in [5.41, 5.74) is 0.851. The fraction of sp³-hybridized carbons (Fsp3) is 0.438. The molecule has 0 aromatic heterocycles. The molecule has 3 nitrogen and oxygen atoms in total. The summed E-state index contributed by atoms with van der Waals surface area (Å²) in [6.07, 6.45) is -3.94. The zero-order valence-electron chi connectivity index (χ0n) is 11.9. The summed E-state index contributed by atoms with van der Waals surface area (Å²) in [6.45, 7) is 3.61. The third kappa shape index (κ3) is 4.34. The minimum absolute atomic E-state index is 0.208. The third-order valence-electron chi connectivity index (χ3n) is 3.47. The van der Waals surface area contributed by atoms with Crippen LogP contribution in [-0.2, 0) is 14.3 Å². The minimum atomic E-state index is -4.98. The summed E-state index contributed by atoms with van der Waals surface area (Å²) < 4.78 is 47.5. The number of esters is 1. The molecule has 0 radical (unpaired) electrons. The molecule has 1 aromatic rings. The van der Waals surface area contributed by atoms with E-state index in [2.05, 4.69) is 11.3 Å². The van der Waals surface area contributed by atoms with Crippen LogP contribution in [0.5, 0.6) is 0 Å². The highest BCUT2D eigenvalue weighted by molar-refractivity contribution is 5.75.